The van der Waals surface area contributed by atoms with Crippen LogP contribution < -0.4 is 5.73 Å². The van der Waals surface area contributed by atoms with Gasteiger partial charge in [0.25, 0.3) is 0 Å². The van der Waals surface area contributed by atoms with Crippen LogP contribution in [0.3, 0.4) is 0 Å². The molecule has 1 saturated carbocycles. The predicted molar refractivity (Wildman–Crippen MR) is 43.4 cm³/mol. The Balaban J connectivity index is 1.96. The minimum absolute atomic E-state index is 0.0515. The summed E-state index contributed by atoms with van der Waals surface area (Å²) in [5.74, 6) is 0. The summed E-state index contributed by atoms with van der Waals surface area (Å²) in [6.07, 6.45) is 7.19. The van der Waals surface area contributed by atoms with E-state index >= 15 is 0 Å². The first-order chi connectivity index (χ1) is 5.31. The van der Waals surface area contributed by atoms with Gasteiger partial charge in [-0.05, 0) is 25.7 Å². The molecule has 0 aromatic rings. The predicted octanol–water partition coefficient (Wildman–Crippen LogP) is 1.03. The van der Waals surface area contributed by atoms with Crippen molar-refractivity contribution in [1.29, 1.82) is 0 Å². The molecule has 1 fully saturated rings. The third-order valence-electron chi connectivity index (χ3n) is 2.73. The molecular weight excluding hydrogens is 140 g/mol. The minimum Gasteiger partial charge on any atom is -0.389 e. The van der Waals surface area contributed by atoms with Crippen molar-refractivity contribution in [3.05, 3.63) is 0 Å². The first kappa shape index (κ1) is 7.10. The average Bonchev–Trinajstić information content (AvgIpc) is 2.45. The van der Waals surface area contributed by atoms with Crippen molar-refractivity contribution in [2.24, 2.45) is 10.9 Å². The summed E-state index contributed by atoms with van der Waals surface area (Å²) in [4.78, 5) is 5.34. The number of hydrogen-bond donors (Lipinski definition) is 1. The summed E-state index contributed by atoms with van der Waals surface area (Å²) in [7, 11) is 0. The van der Waals surface area contributed by atoms with Crippen molar-refractivity contribution in [2.75, 3.05) is 0 Å². The highest BCUT2D eigenvalue weighted by Crippen LogP contribution is 2.35. The Bertz CT molecular complexity index is 161. The van der Waals surface area contributed by atoms with E-state index in [2.05, 4.69) is 5.16 Å². The van der Waals surface area contributed by atoms with Gasteiger partial charge in [-0.25, -0.2) is 0 Å². The number of nitrogens with zero attached hydrogens (tertiary/aromatic N) is 1. The van der Waals surface area contributed by atoms with E-state index in [0.29, 0.717) is 6.04 Å². The van der Waals surface area contributed by atoms with Crippen LogP contribution in [0.5, 0.6) is 0 Å². The van der Waals surface area contributed by atoms with Crippen molar-refractivity contribution >= 4 is 6.21 Å². The van der Waals surface area contributed by atoms with Gasteiger partial charge in [-0.3, -0.25) is 0 Å². The molecular formula is C8H14N2O. The van der Waals surface area contributed by atoms with Gasteiger partial charge in [0.05, 0.1) is 0 Å². The van der Waals surface area contributed by atoms with E-state index in [1.165, 1.54) is 0 Å². The zero-order valence-corrected chi connectivity index (χ0v) is 6.62. The van der Waals surface area contributed by atoms with E-state index in [4.69, 9.17) is 10.6 Å². The zero-order valence-electron chi connectivity index (χ0n) is 6.62. The maximum atomic E-state index is 5.79. The summed E-state index contributed by atoms with van der Waals surface area (Å²) in [6.45, 7) is 0. The molecule has 1 aliphatic heterocycles. The highest BCUT2D eigenvalue weighted by molar-refractivity contribution is 5.59. The molecule has 0 amide bonds. The second-order valence-corrected chi connectivity index (χ2v) is 3.60. The fraction of sp³-hybridized carbons (Fsp3) is 0.875. The van der Waals surface area contributed by atoms with E-state index < -0.39 is 0 Å². The SMILES string of the molecule is NC1CCC2(CC=NO2)CC1. The molecule has 3 heteroatoms. The summed E-state index contributed by atoms with van der Waals surface area (Å²) < 4.78 is 0. The molecule has 1 aliphatic carbocycles. The minimum atomic E-state index is 0.0515. The highest BCUT2D eigenvalue weighted by atomic mass is 16.7. The molecule has 0 saturated heterocycles. The van der Waals surface area contributed by atoms with Gasteiger partial charge in [-0.15, -0.1) is 0 Å². The third-order valence-corrected chi connectivity index (χ3v) is 2.73. The molecule has 0 unspecified atom stereocenters. The standard InChI is InChI=1S/C8H14N2O/c9-7-1-3-8(4-2-7)5-6-10-11-8/h6-7H,1-5,9H2. The van der Waals surface area contributed by atoms with E-state index in [9.17, 15) is 0 Å². The molecule has 0 aromatic heterocycles. The van der Waals surface area contributed by atoms with E-state index in [1.807, 2.05) is 6.21 Å². The molecule has 2 N–H and O–H groups in total. The molecule has 2 aliphatic rings. The second kappa shape index (κ2) is 2.48. The largest absolute Gasteiger partial charge is 0.389 e. The smallest absolute Gasteiger partial charge is 0.142 e. The first-order valence-corrected chi connectivity index (χ1v) is 4.26. The summed E-state index contributed by atoms with van der Waals surface area (Å²) in [6, 6.07) is 0.393. The normalized spacial score (nSPS) is 42.8. The molecule has 1 spiro atoms. The number of nitrogens with two attached hydrogens (primary N) is 1. The third kappa shape index (κ3) is 1.25. The number of rotatable bonds is 0. The van der Waals surface area contributed by atoms with Gasteiger partial charge in [-0.2, -0.15) is 0 Å². The van der Waals surface area contributed by atoms with Gasteiger partial charge in [0.15, 0.2) is 0 Å². The Morgan fingerprint density at radius 1 is 1.45 bits per heavy atom. The van der Waals surface area contributed by atoms with E-state index in [-0.39, 0.29) is 5.60 Å². The van der Waals surface area contributed by atoms with Crippen LogP contribution in [0.2, 0.25) is 0 Å². The van der Waals surface area contributed by atoms with Crippen LogP contribution in [0.15, 0.2) is 5.16 Å². The monoisotopic (exact) mass is 154 g/mol. The summed E-state index contributed by atoms with van der Waals surface area (Å²) in [5, 5.41) is 3.82. The number of hydrogen-bond acceptors (Lipinski definition) is 3. The van der Waals surface area contributed by atoms with Crippen LogP contribution >= 0.6 is 0 Å². The Morgan fingerprint density at radius 2 is 2.18 bits per heavy atom. The van der Waals surface area contributed by atoms with Crippen LogP contribution in [-0.4, -0.2) is 17.9 Å². The molecule has 11 heavy (non-hydrogen) atoms. The Kier molecular flexibility index (Phi) is 1.60. The lowest BCUT2D eigenvalue weighted by Gasteiger charge is -2.33. The molecule has 0 bridgehead atoms. The lowest BCUT2D eigenvalue weighted by molar-refractivity contribution is -0.0478. The second-order valence-electron chi connectivity index (χ2n) is 3.60. The van der Waals surface area contributed by atoms with Gasteiger partial charge < -0.3 is 10.6 Å². The number of oxime groups is 1. The van der Waals surface area contributed by atoms with Crippen LogP contribution in [0.25, 0.3) is 0 Å². The lowest BCUT2D eigenvalue weighted by atomic mass is 9.81. The molecule has 0 radical (unpaired) electrons. The van der Waals surface area contributed by atoms with E-state index in [0.717, 1.165) is 32.1 Å². The molecule has 0 aromatic carbocycles. The van der Waals surface area contributed by atoms with Crippen LogP contribution in [0.4, 0.5) is 0 Å². The van der Waals surface area contributed by atoms with Crippen molar-refractivity contribution in [3.63, 3.8) is 0 Å². The van der Waals surface area contributed by atoms with Gasteiger partial charge in [0.1, 0.15) is 5.60 Å². The molecule has 0 atom stereocenters. The van der Waals surface area contributed by atoms with Gasteiger partial charge in [0, 0.05) is 18.7 Å². The fourth-order valence-corrected chi connectivity index (χ4v) is 1.85. The van der Waals surface area contributed by atoms with Gasteiger partial charge in [0.2, 0.25) is 0 Å². The van der Waals surface area contributed by atoms with Gasteiger partial charge >= 0.3 is 0 Å². The Morgan fingerprint density at radius 3 is 2.73 bits per heavy atom. The lowest BCUT2D eigenvalue weighted by Crippen LogP contribution is -2.38. The molecule has 3 nitrogen and oxygen atoms in total. The average molecular weight is 154 g/mol. The van der Waals surface area contributed by atoms with Crippen LogP contribution in [0.1, 0.15) is 32.1 Å². The van der Waals surface area contributed by atoms with Crippen LogP contribution in [0, 0.1) is 0 Å². The maximum Gasteiger partial charge on any atom is 0.142 e. The Hall–Kier alpha value is -0.570. The topological polar surface area (TPSA) is 47.6 Å². The van der Waals surface area contributed by atoms with Crippen molar-refractivity contribution in [2.45, 2.75) is 43.7 Å². The molecule has 62 valence electrons. The van der Waals surface area contributed by atoms with Gasteiger partial charge in [-0.1, -0.05) is 5.16 Å². The zero-order chi connectivity index (χ0) is 7.73. The maximum absolute atomic E-state index is 5.79. The quantitative estimate of drug-likeness (QED) is 0.566. The van der Waals surface area contributed by atoms with E-state index in [1.54, 1.807) is 0 Å². The molecule has 2 rings (SSSR count). The van der Waals surface area contributed by atoms with Crippen molar-refractivity contribution in [3.8, 4) is 0 Å². The van der Waals surface area contributed by atoms with Crippen molar-refractivity contribution < 1.29 is 4.84 Å². The van der Waals surface area contributed by atoms with Crippen molar-refractivity contribution in [1.82, 2.24) is 0 Å². The Labute approximate surface area is 66.6 Å². The molecule has 1 heterocycles. The first-order valence-electron chi connectivity index (χ1n) is 4.26. The summed E-state index contributed by atoms with van der Waals surface area (Å²) in [5.41, 5.74) is 5.84. The fourth-order valence-electron chi connectivity index (χ4n) is 1.85. The summed E-state index contributed by atoms with van der Waals surface area (Å²) >= 11 is 0. The highest BCUT2D eigenvalue weighted by Gasteiger charge is 2.38. The van der Waals surface area contributed by atoms with Crippen LogP contribution in [-0.2, 0) is 4.84 Å².